The van der Waals surface area contributed by atoms with Crippen LogP contribution in [0.3, 0.4) is 0 Å². The molecule has 11 N–H and O–H groups in total. The van der Waals surface area contributed by atoms with Crippen molar-refractivity contribution in [3.05, 3.63) is 120 Å². The van der Waals surface area contributed by atoms with E-state index in [1.54, 1.807) is 31.1 Å². The number of nitrogens with one attached hydrogen (secondary N) is 1. The largest absolute Gasteiger partial charge is 1.00 e. The minimum absolute atomic E-state index is 0. The molecule has 342 valence electrons. The maximum Gasteiger partial charge on any atom is 1.00 e. The smallest absolute Gasteiger partial charge is 0.696 e. The van der Waals surface area contributed by atoms with Gasteiger partial charge in [0.2, 0.25) is 11.6 Å². The van der Waals surface area contributed by atoms with Crippen molar-refractivity contribution in [1.82, 2.24) is 34.1 Å². The number of nitrogens with zero attached hydrogens (tertiary/aromatic N) is 7. The Kier molecular flexibility index (Phi) is 22.8. The monoisotopic (exact) mass is 1140 g/mol. The van der Waals surface area contributed by atoms with Gasteiger partial charge >= 0.3 is 51.4 Å². The number of H-pyrrole nitrogens is 1. The zero-order chi connectivity index (χ0) is 46.5. The number of aromatic amines is 1. The predicted octanol–water partition coefficient (Wildman–Crippen LogP) is 1.03. The first-order valence-electron chi connectivity index (χ1n) is 18.9. The number of thiocyanates is 1. The fourth-order valence-electron chi connectivity index (χ4n) is 6.39. The van der Waals surface area contributed by atoms with Gasteiger partial charge in [0.15, 0.2) is 4.77 Å². The Morgan fingerprint density at radius 3 is 1.50 bits per heavy atom. The molecule has 0 bridgehead atoms. The van der Waals surface area contributed by atoms with Crippen molar-refractivity contribution in [1.29, 1.82) is 5.26 Å². The molecule has 19 nitrogen and oxygen atoms in total. The number of aliphatic hydroxyl groups is 6. The molecule has 3 aliphatic carbocycles. The number of hydrogen-bond acceptors (Lipinski definition) is 18. The maximum atomic E-state index is 9.40. The van der Waals surface area contributed by atoms with Crippen LogP contribution in [0.15, 0.2) is 87.1 Å². The Morgan fingerprint density at radius 1 is 0.734 bits per heavy atom. The van der Waals surface area contributed by atoms with Crippen molar-refractivity contribution in [2.45, 2.75) is 79.9 Å². The van der Waals surface area contributed by atoms with Crippen LogP contribution in [0.5, 0.6) is 0 Å². The van der Waals surface area contributed by atoms with Crippen LogP contribution in [0.2, 0.25) is 0 Å². The third-order valence-electron chi connectivity index (χ3n) is 10.3. The van der Waals surface area contributed by atoms with Crippen molar-refractivity contribution in [3.8, 4) is 5.40 Å². The Labute approximate surface area is 446 Å². The molecule has 2 unspecified atom stereocenters. The Balaban J connectivity index is 0.000000222. The summed E-state index contributed by atoms with van der Waals surface area (Å²) >= 11 is 19.1. The molecule has 0 spiro atoms. The summed E-state index contributed by atoms with van der Waals surface area (Å²) in [6.07, 6.45) is 16.9. The van der Waals surface area contributed by atoms with Crippen molar-refractivity contribution >= 4 is 72.6 Å². The number of nitrogens with two attached hydrogens (primary N) is 1. The van der Waals surface area contributed by atoms with Crippen molar-refractivity contribution < 1.29 is 102 Å². The van der Waals surface area contributed by atoms with Crippen LogP contribution in [0.25, 0.3) is 0 Å². The molecule has 0 aromatic carbocycles. The van der Waals surface area contributed by atoms with Gasteiger partial charge in [0.05, 0.1) is 84.0 Å². The van der Waals surface area contributed by atoms with Crippen LogP contribution in [0.4, 0.5) is 0 Å². The van der Waals surface area contributed by atoms with Gasteiger partial charge in [-0.3, -0.25) is 25.5 Å². The van der Waals surface area contributed by atoms with Gasteiger partial charge in [0, 0.05) is 38.2 Å². The fourth-order valence-corrected chi connectivity index (χ4v) is 7.44. The minimum Gasteiger partial charge on any atom is -0.696 e. The van der Waals surface area contributed by atoms with Crippen molar-refractivity contribution in [3.63, 3.8) is 0 Å². The molecule has 4 aliphatic rings. The minimum atomic E-state index is -1.76. The molecule has 5 aromatic rings. The van der Waals surface area contributed by atoms with E-state index in [4.69, 9.17) is 53.4 Å². The third-order valence-corrected chi connectivity index (χ3v) is 12.0. The Bertz CT molecular complexity index is 2270. The second-order valence-corrected chi connectivity index (χ2v) is 18.0. The van der Waals surface area contributed by atoms with Gasteiger partial charge in [-0.25, -0.2) is 10.2 Å². The number of pyridine rings is 3. The standard InChI is InChI=1S/C12H12BrN3OS.C12H12BrN3O.C8H9BrN2.C6H12O6.CHNS.K.H2O2/c13-8-1-2-10(14-5-8)12(3-4-12)16-9(7-17)6-15-11(16)18;13-9-1-2-11(15-5-9)12(3-4-12)16-8-14-6-10(16)7-17;9-6-1-2-7(11-5-6)8(10)3-4-8;7-1-5(9)3-12-6(10,2-8)4-11-5;2-1-3;;1-2/h1-2,5-6,17H,3-4,7H2,(H,15,18);1-2,5-6,8,17H,3-4,7H2;1-2,5H,3-4,10H2;7-10H,1-4H2;3H;;1-2H/q;;;;;+1;/p-1. The molecule has 4 fully saturated rings. The molecular weight excluding hydrogens is 1100 g/mol. The van der Waals surface area contributed by atoms with Gasteiger partial charge in [-0.15, -0.1) is 0 Å². The molecule has 1 saturated heterocycles. The van der Waals surface area contributed by atoms with E-state index in [1.807, 2.05) is 51.7 Å². The van der Waals surface area contributed by atoms with E-state index in [0.29, 0.717) is 4.77 Å². The Hall–Kier alpha value is -1.56. The van der Waals surface area contributed by atoms with Gasteiger partial charge < -0.3 is 72.6 Å². The predicted molar refractivity (Wildman–Crippen MR) is 241 cm³/mol. The van der Waals surface area contributed by atoms with Crippen LogP contribution >= 0.6 is 60.0 Å². The first kappa shape index (κ1) is 56.8. The molecule has 0 amide bonds. The molecule has 64 heavy (non-hydrogen) atoms. The molecular formula is C39H47Br3KN9O10S2. The van der Waals surface area contributed by atoms with E-state index in [1.165, 1.54) is 5.40 Å². The van der Waals surface area contributed by atoms with Crippen molar-refractivity contribution in [2.24, 2.45) is 5.73 Å². The third kappa shape index (κ3) is 14.7. The van der Waals surface area contributed by atoms with Gasteiger partial charge in [-0.1, -0.05) is 5.40 Å². The number of ether oxygens (including phenoxy) is 2. The van der Waals surface area contributed by atoms with Crippen LogP contribution in [-0.4, -0.2) is 113 Å². The summed E-state index contributed by atoms with van der Waals surface area (Å²) in [5.74, 6) is -3.52. The summed E-state index contributed by atoms with van der Waals surface area (Å²) in [6, 6.07) is 12.0. The SMILES string of the molecule is N#C[S-].NC1(c2ccc(Br)cn2)CC1.OCC1(O)COC(O)(CO)CO1.OCc1c[nH]c(=S)n1C1(c2ccc(Br)cn2)CC1.OCc1cncn1C1(c2ccc(Br)cn2)CC1.OO.[K+]. The summed E-state index contributed by atoms with van der Waals surface area (Å²) in [4.78, 5) is 20.3. The zero-order valence-corrected chi connectivity index (χ0v) is 44.0. The number of aromatic nitrogens is 7. The molecule has 6 heterocycles. The number of aliphatic hydroxyl groups excluding tert-OH is 4. The normalized spacial score (nSPS) is 20.9. The summed E-state index contributed by atoms with van der Waals surface area (Å²) in [5, 5.41) is 74.8. The van der Waals surface area contributed by atoms with Gasteiger partial charge in [0.25, 0.3) is 0 Å². The second-order valence-electron chi connectivity index (χ2n) is 14.7. The second kappa shape index (κ2) is 25.7. The molecule has 3 saturated carbocycles. The molecule has 25 heteroatoms. The van der Waals surface area contributed by atoms with E-state index in [-0.39, 0.29) is 94.4 Å². The summed E-state index contributed by atoms with van der Waals surface area (Å²) < 4.78 is 17.0. The average molecular weight is 1140 g/mol. The molecule has 2 atom stereocenters. The number of halogens is 3. The van der Waals surface area contributed by atoms with Crippen molar-refractivity contribution in [2.75, 3.05) is 26.4 Å². The van der Waals surface area contributed by atoms with Gasteiger partial charge in [-0.2, -0.15) is 0 Å². The quantitative estimate of drug-likeness (QED) is 0.0246. The number of hydrogen-bond donors (Lipinski definition) is 10. The molecule has 1 aliphatic heterocycles. The van der Waals surface area contributed by atoms with E-state index in [9.17, 15) is 20.4 Å². The molecule has 0 radical (unpaired) electrons. The van der Waals surface area contributed by atoms with Crippen LogP contribution in [0.1, 0.15) is 67.0 Å². The maximum absolute atomic E-state index is 9.40. The van der Waals surface area contributed by atoms with Crippen LogP contribution < -0.4 is 57.1 Å². The van der Waals surface area contributed by atoms with Crippen LogP contribution in [-0.2, 0) is 51.9 Å². The van der Waals surface area contributed by atoms with E-state index in [2.05, 4.69) is 85.3 Å². The number of imidazole rings is 2. The number of nitriles is 1. The fraction of sp³-hybridized carbons (Fsp3) is 0.436. The molecule has 9 rings (SSSR count). The summed E-state index contributed by atoms with van der Waals surface area (Å²) in [5.41, 5.74) is 10.3. The average Bonchev–Trinajstić information content (AvgIpc) is 4.28. The summed E-state index contributed by atoms with van der Waals surface area (Å²) in [6.45, 7) is -1.99. The topological polar surface area (TPSA) is 307 Å². The number of rotatable bonds is 9. The van der Waals surface area contributed by atoms with E-state index < -0.39 is 24.8 Å². The van der Waals surface area contributed by atoms with E-state index >= 15 is 0 Å². The first-order valence-corrected chi connectivity index (χ1v) is 22.1. The Morgan fingerprint density at radius 2 is 1.16 bits per heavy atom. The van der Waals surface area contributed by atoms with Gasteiger partial charge in [0.1, 0.15) is 13.2 Å². The van der Waals surface area contributed by atoms with Gasteiger partial charge in [-0.05, 0) is 135 Å². The van der Waals surface area contributed by atoms with Crippen LogP contribution in [0, 0.1) is 15.4 Å². The molecule has 5 aromatic heterocycles. The summed E-state index contributed by atoms with van der Waals surface area (Å²) in [7, 11) is 0. The van der Waals surface area contributed by atoms with E-state index in [0.717, 1.165) is 80.4 Å². The first-order chi connectivity index (χ1) is 30.1. The zero-order valence-electron chi connectivity index (χ0n) is 34.5.